The number of rotatable bonds is 9. The first-order chi connectivity index (χ1) is 13.7. The molecule has 2 heterocycles. The Hall–Kier alpha value is -1.88. The van der Waals surface area contributed by atoms with Gasteiger partial charge in [-0.05, 0) is 51.3 Å². The number of aromatic nitrogens is 2. The molecule has 1 saturated heterocycles. The second-order valence-electron chi connectivity index (χ2n) is 8.01. The molecule has 0 aliphatic carbocycles. The summed E-state index contributed by atoms with van der Waals surface area (Å²) in [4.78, 5) is 22.6. The van der Waals surface area contributed by atoms with E-state index in [-0.39, 0.29) is 5.92 Å². The minimum Gasteiger partial charge on any atom is -0.342 e. The van der Waals surface area contributed by atoms with Gasteiger partial charge < -0.3 is 9.47 Å². The largest absolute Gasteiger partial charge is 0.342 e. The monoisotopic (exact) mass is 384 g/mol. The summed E-state index contributed by atoms with van der Waals surface area (Å²) in [5.74, 6) is 1.62. The zero-order valence-corrected chi connectivity index (χ0v) is 17.9. The van der Waals surface area contributed by atoms with Crippen LogP contribution in [0.1, 0.15) is 58.7 Å². The number of piperidine rings is 1. The Labute approximate surface area is 169 Å². The van der Waals surface area contributed by atoms with E-state index in [4.69, 9.17) is 4.98 Å². The fourth-order valence-electron chi connectivity index (χ4n) is 4.41. The van der Waals surface area contributed by atoms with E-state index in [9.17, 15) is 4.79 Å². The van der Waals surface area contributed by atoms with E-state index < -0.39 is 0 Å². The Bertz CT molecular complexity index is 769. The van der Waals surface area contributed by atoms with Gasteiger partial charge in [0, 0.05) is 26.2 Å². The standard InChI is InChI=1S/C23H36N4O/c1-4-7-16-26(14-5-2)23(28)19-11-10-15-25(17-19)18-22-24-20-12-8-9-13-21(20)27(22)6-3/h8-9,12-13,19H,4-7,10-11,14-18H2,1-3H3/t19-/m1/s1. The van der Waals surface area contributed by atoms with Crippen molar-refractivity contribution in [2.45, 2.75) is 66.0 Å². The van der Waals surface area contributed by atoms with Gasteiger partial charge in [0.05, 0.1) is 23.5 Å². The number of carbonyl (C=O) groups is 1. The average molecular weight is 385 g/mol. The zero-order chi connectivity index (χ0) is 19.9. The number of aryl methyl sites for hydroxylation is 1. The van der Waals surface area contributed by atoms with Gasteiger partial charge in [-0.15, -0.1) is 0 Å². The van der Waals surface area contributed by atoms with Crippen molar-refractivity contribution >= 4 is 16.9 Å². The summed E-state index contributed by atoms with van der Waals surface area (Å²) in [6, 6.07) is 8.36. The average Bonchev–Trinajstić information content (AvgIpc) is 3.07. The lowest BCUT2D eigenvalue weighted by Crippen LogP contribution is -2.45. The van der Waals surface area contributed by atoms with Crippen molar-refractivity contribution in [1.82, 2.24) is 19.4 Å². The van der Waals surface area contributed by atoms with Crippen LogP contribution in [0.25, 0.3) is 11.0 Å². The van der Waals surface area contributed by atoms with Crippen molar-refractivity contribution in [2.24, 2.45) is 5.92 Å². The third-order valence-electron chi connectivity index (χ3n) is 5.86. The molecule has 28 heavy (non-hydrogen) atoms. The maximum Gasteiger partial charge on any atom is 0.226 e. The minimum atomic E-state index is 0.136. The Morgan fingerprint density at radius 3 is 2.75 bits per heavy atom. The van der Waals surface area contributed by atoms with Crippen LogP contribution in [0, 0.1) is 5.92 Å². The van der Waals surface area contributed by atoms with Crippen LogP contribution < -0.4 is 0 Å². The second kappa shape index (κ2) is 10.1. The van der Waals surface area contributed by atoms with Crippen molar-refractivity contribution in [2.75, 3.05) is 26.2 Å². The molecule has 154 valence electrons. The quantitative estimate of drug-likeness (QED) is 0.647. The molecular formula is C23H36N4O. The summed E-state index contributed by atoms with van der Waals surface area (Å²) in [5, 5.41) is 0. The molecule has 0 spiro atoms. The maximum atomic E-state index is 13.1. The first-order valence-electron chi connectivity index (χ1n) is 11.1. The highest BCUT2D eigenvalue weighted by molar-refractivity contribution is 5.79. The molecule has 1 aromatic heterocycles. The fraction of sp³-hybridized carbons (Fsp3) is 0.652. The molecule has 1 amide bonds. The molecule has 1 aliphatic heterocycles. The molecule has 3 rings (SSSR count). The summed E-state index contributed by atoms with van der Waals surface area (Å²) in [6.07, 6.45) is 5.38. The second-order valence-corrected chi connectivity index (χ2v) is 8.01. The molecule has 1 aromatic carbocycles. The molecule has 5 nitrogen and oxygen atoms in total. The predicted molar refractivity (Wildman–Crippen MR) is 115 cm³/mol. The van der Waals surface area contributed by atoms with Gasteiger partial charge >= 0.3 is 0 Å². The lowest BCUT2D eigenvalue weighted by atomic mass is 9.96. The topological polar surface area (TPSA) is 41.4 Å². The lowest BCUT2D eigenvalue weighted by molar-refractivity contribution is -0.137. The van der Waals surface area contributed by atoms with E-state index in [0.29, 0.717) is 5.91 Å². The van der Waals surface area contributed by atoms with Crippen LogP contribution in [0.3, 0.4) is 0 Å². The van der Waals surface area contributed by atoms with E-state index in [1.54, 1.807) is 0 Å². The van der Waals surface area contributed by atoms with Crippen LogP contribution >= 0.6 is 0 Å². The van der Waals surface area contributed by atoms with E-state index in [1.165, 1.54) is 5.52 Å². The van der Waals surface area contributed by atoms with E-state index >= 15 is 0 Å². The molecule has 0 unspecified atom stereocenters. The van der Waals surface area contributed by atoms with Crippen molar-refractivity contribution in [3.05, 3.63) is 30.1 Å². The number of unbranched alkanes of at least 4 members (excludes halogenated alkanes) is 1. The minimum absolute atomic E-state index is 0.136. The third kappa shape index (κ3) is 4.75. The number of hydrogen-bond donors (Lipinski definition) is 0. The number of likely N-dealkylation sites (tertiary alicyclic amines) is 1. The Morgan fingerprint density at radius 1 is 1.18 bits per heavy atom. The van der Waals surface area contributed by atoms with Crippen molar-refractivity contribution in [3.8, 4) is 0 Å². The Kier molecular flexibility index (Phi) is 7.49. The normalized spacial score (nSPS) is 17.9. The molecule has 0 N–H and O–H groups in total. The van der Waals surface area contributed by atoms with Gasteiger partial charge in [0.2, 0.25) is 5.91 Å². The number of hydrogen-bond acceptors (Lipinski definition) is 3. The molecule has 0 radical (unpaired) electrons. The SMILES string of the molecule is CCCCN(CCC)C(=O)[C@@H]1CCCN(Cc2nc3ccccc3n2CC)C1. The van der Waals surface area contributed by atoms with Gasteiger partial charge in [-0.25, -0.2) is 4.98 Å². The molecule has 1 atom stereocenters. The first kappa shape index (κ1) is 20.8. The Morgan fingerprint density at radius 2 is 2.00 bits per heavy atom. The summed E-state index contributed by atoms with van der Waals surface area (Å²) < 4.78 is 2.31. The number of fused-ring (bicyclic) bond motifs is 1. The van der Waals surface area contributed by atoms with Crippen molar-refractivity contribution in [1.29, 1.82) is 0 Å². The van der Waals surface area contributed by atoms with E-state index in [2.05, 4.69) is 53.3 Å². The summed E-state index contributed by atoms with van der Waals surface area (Å²) in [5.41, 5.74) is 2.27. The first-order valence-corrected chi connectivity index (χ1v) is 11.1. The highest BCUT2D eigenvalue weighted by Crippen LogP contribution is 2.23. The van der Waals surface area contributed by atoms with Gasteiger partial charge in [-0.3, -0.25) is 9.69 Å². The maximum absolute atomic E-state index is 13.1. The fourth-order valence-corrected chi connectivity index (χ4v) is 4.41. The number of benzene rings is 1. The molecule has 0 saturated carbocycles. The highest BCUT2D eigenvalue weighted by Gasteiger charge is 2.29. The molecule has 1 fully saturated rings. The van der Waals surface area contributed by atoms with E-state index in [1.807, 2.05) is 6.07 Å². The number of para-hydroxylation sites is 2. The number of carbonyl (C=O) groups excluding carboxylic acids is 1. The Balaban J connectivity index is 1.69. The smallest absolute Gasteiger partial charge is 0.226 e. The number of amides is 1. The molecule has 5 heteroatoms. The van der Waals surface area contributed by atoms with Gasteiger partial charge in [0.15, 0.2) is 0 Å². The van der Waals surface area contributed by atoms with Crippen LogP contribution in [-0.4, -0.2) is 51.4 Å². The van der Waals surface area contributed by atoms with E-state index in [0.717, 1.165) is 82.7 Å². The van der Waals surface area contributed by atoms with Crippen LogP contribution in [0.5, 0.6) is 0 Å². The van der Waals surface area contributed by atoms with Crippen molar-refractivity contribution in [3.63, 3.8) is 0 Å². The van der Waals surface area contributed by atoms with Crippen molar-refractivity contribution < 1.29 is 4.79 Å². The molecule has 0 bridgehead atoms. The molecule has 1 aliphatic rings. The van der Waals surface area contributed by atoms with Gasteiger partial charge in [0.25, 0.3) is 0 Å². The number of nitrogens with zero attached hydrogens (tertiary/aromatic N) is 4. The number of imidazole rings is 1. The van der Waals surface area contributed by atoms with Crippen LogP contribution in [0.4, 0.5) is 0 Å². The summed E-state index contributed by atoms with van der Waals surface area (Å²) >= 11 is 0. The van der Waals surface area contributed by atoms with Gasteiger partial charge in [-0.1, -0.05) is 32.4 Å². The van der Waals surface area contributed by atoms with Crippen LogP contribution in [0.15, 0.2) is 24.3 Å². The summed E-state index contributed by atoms with van der Waals surface area (Å²) in [6.45, 7) is 12.0. The van der Waals surface area contributed by atoms with Gasteiger partial charge in [-0.2, -0.15) is 0 Å². The molecule has 2 aromatic rings. The van der Waals surface area contributed by atoms with Crippen LogP contribution in [0.2, 0.25) is 0 Å². The summed E-state index contributed by atoms with van der Waals surface area (Å²) in [7, 11) is 0. The van der Waals surface area contributed by atoms with Gasteiger partial charge in [0.1, 0.15) is 5.82 Å². The lowest BCUT2D eigenvalue weighted by Gasteiger charge is -2.35. The van der Waals surface area contributed by atoms with Crippen LogP contribution in [-0.2, 0) is 17.9 Å². The molecular weight excluding hydrogens is 348 g/mol. The third-order valence-corrected chi connectivity index (χ3v) is 5.86. The predicted octanol–water partition coefficient (Wildman–Crippen LogP) is 4.31. The zero-order valence-electron chi connectivity index (χ0n) is 17.9. The highest BCUT2D eigenvalue weighted by atomic mass is 16.2.